The van der Waals surface area contributed by atoms with E-state index in [9.17, 15) is 0 Å². The molecule has 0 unspecified atom stereocenters. The fraction of sp³-hybridized carbons (Fsp3) is 0.538. The third kappa shape index (κ3) is 2.34. The van der Waals surface area contributed by atoms with Crippen molar-refractivity contribution in [2.75, 3.05) is 19.9 Å². The topological polar surface area (TPSA) is 30.5 Å². The van der Waals surface area contributed by atoms with Crippen LogP contribution in [0.1, 0.15) is 29.9 Å². The van der Waals surface area contributed by atoms with Gasteiger partial charge < -0.3 is 14.8 Å². The molecule has 0 aliphatic carbocycles. The molecule has 0 saturated carbocycles. The first-order chi connectivity index (χ1) is 8.34. The average molecular weight is 298 g/mol. The zero-order valence-corrected chi connectivity index (χ0v) is 11.3. The maximum absolute atomic E-state index is 5.70. The SMILES string of the molecule is Brc1cc2c(c(C3CCNCC3)c1)OCOC2. The number of fused-ring (bicyclic) bond motifs is 1. The van der Waals surface area contributed by atoms with E-state index in [0.717, 1.165) is 23.3 Å². The highest BCUT2D eigenvalue weighted by molar-refractivity contribution is 9.10. The number of halogens is 1. The third-order valence-electron chi connectivity index (χ3n) is 3.48. The number of hydrogen-bond donors (Lipinski definition) is 1. The van der Waals surface area contributed by atoms with Crippen LogP contribution in [0.25, 0.3) is 0 Å². The van der Waals surface area contributed by atoms with E-state index in [1.54, 1.807) is 0 Å². The first-order valence-corrected chi connectivity index (χ1v) is 6.87. The van der Waals surface area contributed by atoms with Gasteiger partial charge in [-0.1, -0.05) is 15.9 Å². The molecule has 1 saturated heterocycles. The number of nitrogens with one attached hydrogen (secondary N) is 1. The van der Waals surface area contributed by atoms with E-state index in [0.29, 0.717) is 19.3 Å². The predicted molar refractivity (Wildman–Crippen MR) is 69.3 cm³/mol. The molecule has 3 nitrogen and oxygen atoms in total. The highest BCUT2D eigenvalue weighted by atomic mass is 79.9. The largest absolute Gasteiger partial charge is 0.467 e. The Morgan fingerprint density at radius 3 is 2.88 bits per heavy atom. The van der Waals surface area contributed by atoms with Gasteiger partial charge in [0, 0.05) is 10.0 Å². The summed E-state index contributed by atoms with van der Waals surface area (Å²) in [5.74, 6) is 1.67. The molecule has 1 fully saturated rings. The second-order valence-corrected chi connectivity index (χ2v) is 5.53. The summed E-state index contributed by atoms with van der Waals surface area (Å²) in [4.78, 5) is 0. The van der Waals surface area contributed by atoms with Crippen LogP contribution in [0.5, 0.6) is 5.75 Å². The van der Waals surface area contributed by atoms with Gasteiger partial charge in [0.25, 0.3) is 0 Å². The molecule has 2 aliphatic rings. The first-order valence-electron chi connectivity index (χ1n) is 6.08. The van der Waals surface area contributed by atoms with Crippen molar-refractivity contribution >= 4 is 15.9 Å². The van der Waals surface area contributed by atoms with Crippen LogP contribution >= 0.6 is 15.9 Å². The van der Waals surface area contributed by atoms with Crippen LogP contribution in [-0.2, 0) is 11.3 Å². The lowest BCUT2D eigenvalue weighted by molar-refractivity contribution is -0.0174. The van der Waals surface area contributed by atoms with E-state index in [1.165, 1.54) is 24.0 Å². The zero-order chi connectivity index (χ0) is 11.7. The summed E-state index contributed by atoms with van der Waals surface area (Å²) in [6.07, 6.45) is 2.38. The Morgan fingerprint density at radius 2 is 2.06 bits per heavy atom. The summed E-state index contributed by atoms with van der Waals surface area (Å²) < 4.78 is 12.2. The van der Waals surface area contributed by atoms with Crippen molar-refractivity contribution in [1.29, 1.82) is 0 Å². The number of benzene rings is 1. The Balaban J connectivity index is 1.98. The van der Waals surface area contributed by atoms with Gasteiger partial charge in [-0.2, -0.15) is 0 Å². The second-order valence-electron chi connectivity index (χ2n) is 4.62. The molecular weight excluding hydrogens is 282 g/mol. The van der Waals surface area contributed by atoms with Crippen molar-refractivity contribution in [3.05, 3.63) is 27.7 Å². The minimum Gasteiger partial charge on any atom is -0.467 e. The molecule has 4 heteroatoms. The van der Waals surface area contributed by atoms with Crippen LogP contribution < -0.4 is 10.1 Å². The molecule has 3 rings (SSSR count). The first kappa shape index (κ1) is 11.5. The molecule has 92 valence electrons. The van der Waals surface area contributed by atoms with Crippen LogP contribution in [0.4, 0.5) is 0 Å². The minimum absolute atomic E-state index is 0.382. The third-order valence-corrected chi connectivity index (χ3v) is 3.94. The van der Waals surface area contributed by atoms with Crippen molar-refractivity contribution in [2.45, 2.75) is 25.4 Å². The van der Waals surface area contributed by atoms with Crippen LogP contribution in [0.2, 0.25) is 0 Å². The molecule has 0 amide bonds. The van der Waals surface area contributed by atoms with Crippen molar-refractivity contribution in [3.63, 3.8) is 0 Å². The smallest absolute Gasteiger partial charge is 0.189 e. The summed E-state index contributed by atoms with van der Waals surface area (Å²) >= 11 is 3.58. The van der Waals surface area contributed by atoms with Gasteiger partial charge in [0.05, 0.1) is 6.61 Å². The Hall–Kier alpha value is -0.580. The van der Waals surface area contributed by atoms with Gasteiger partial charge in [0.1, 0.15) is 5.75 Å². The molecule has 0 spiro atoms. The Labute approximate surface area is 110 Å². The maximum atomic E-state index is 5.70. The van der Waals surface area contributed by atoms with Crippen molar-refractivity contribution < 1.29 is 9.47 Å². The standard InChI is InChI=1S/C13H16BrNO2/c14-11-5-10-7-16-8-17-13(10)12(6-11)9-1-3-15-4-2-9/h5-6,9,15H,1-4,7-8H2. The molecular formula is C13H16BrNO2. The van der Waals surface area contributed by atoms with E-state index < -0.39 is 0 Å². The maximum Gasteiger partial charge on any atom is 0.189 e. The Bertz CT molecular complexity index is 416. The fourth-order valence-corrected chi connectivity index (χ4v) is 3.17. The van der Waals surface area contributed by atoms with Crippen LogP contribution in [0, 0.1) is 0 Å². The fourth-order valence-electron chi connectivity index (χ4n) is 2.64. The number of piperidine rings is 1. The highest BCUT2D eigenvalue weighted by Gasteiger charge is 2.23. The summed E-state index contributed by atoms with van der Waals surface area (Å²) in [6.45, 7) is 3.24. The molecule has 17 heavy (non-hydrogen) atoms. The average Bonchev–Trinajstić information content (AvgIpc) is 2.39. The van der Waals surface area contributed by atoms with Crippen molar-refractivity contribution in [3.8, 4) is 5.75 Å². The van der Waals surface area contributed by atoms with E-state index in [1.807, 2.05) is 0 Å². The lowest BCUT2D eigenvalue weighted by atomic mass is 9.88. The van der Waals surface area contributed by atoms with E-state index >= 15 is 0 Å². The van der Waals surface area contributed by atoms with Crippen LogP contribution in [-0.4, -0.2) is 19.9 Å². The van der Waals surface area contributed by atoms with Crippen molar-refractivity contribution in [1.82, 2.24) is 5.32 Å². The molecule has 2 aliphatic heterocycles. The molecule has 1 aromatic carbocycles. The van der Waals surface area contributed by atoms with E-state index in [2.05, 4.69) is 33.4 Å². The van der Waals surface area contributed by atoms with Gasteiger partial charge in [0.2, 0.25) is 0 Å². The lowest BCUT2D eigenvalue weighted by Crippen LogP contribution is -2.27. The number of rotatable bonds is 1. The second kappa shape index (κ2) is 4.96. The molecule has 0 aromatic heterocycles. The van der Waals surface area contributed by atoms with Gasteiger partial charge in [0.15, 0.2) is 6.79 Å². The van der Waals surface area contributed by atoms with Gasteiger partial charge in [-0.05, 0) is 49.5 Å². The lowest BCUT2D eigenvalue weighted by Gasteiger charge is -2.28. The summed E-state index contributed by atoms with van der Waals surface area (Å²) in [6, 6.07) is 4.30. The predicted octanol–water partition coefficient (Wildman–Crippen LogP) is 2.78. The molecule has 0 radical (unpaired) electrons. The molecule has 2 heterocycles. The van der Waals surface area contributed by atoms with Crippen LogP contribution in [0.3, 0.4) is 0 Å². The number of ether oxygens (including phenoxy) is 2. The van der Waals surface area contributed by atoms with Crippen molar-refractivity contribution in [2.24, 2.45) is 0 Å². The molecule has 0 bridgehead atoms. The normalized spacial score (nSPS) is 20.8. The molecule has 1 N–H and O–H groups in total. The highest BCUT2D eigenvalue weighted by Crippen LogP contribution is 2.39. The number of hydrogen-bond acceptors (Lipinski definition) is 3. The van der Waals surface area contributed by atoms with Gasteiger partial charge in [-0.25, -0.2) is 0 Å². The molecule has 1 aromatic rings. The Kier molecular flexibility index (Phi) is 3.36. The van der Waals surface area contributed by atoms with E-state index in [-0.39, 0.29) is 0 Å². The summed E-state index contributed by atoms with van der Waals surface area (Å²) in [5.41, 5.74) is 2.51. The summed E-state index contributed by atoms with van der Waals surface area (Å²) in [7, 11) is 0. The quantitative estimate of drug-likeness (QED) is 0.865. The monoisotopic (exact) mass is 297 g/mol. The van der Waals surface area contributed by atoms with E-state index in [4.69, 9.17) is 9.47 Å². The van der Waals surface area contributed by atoms with Gasteiger partial charge in [-0.3, -0.25) is 0 Å². The van der Waals surface area contributed by atoms with Crippen LogP contribution in [0.15, 0.2) is 16.6 Å². The minimum atomic E-state index is 0.382. The zero-order valence-electron chi connectivity index (χ0n) is 9.67. The van der Waals surface area contributed by atoms with Gasteiger partial charge >= 0.3 is 0 Å². The van der Waals surface area contributed by atoms with Gasteiger partial charge in [-0.15, -0.1) is 0 Å². The molecule has 0 atom stereocenters. The summed E-state index contributed by atoms with van der Waals surface area (Å²) in [5, 5.41) is 3.40. The Morgan fingerprint density at radius 1 is 1.24 bits per heavy atom.